The van der Waals surface area contributed by atoms with Gasteiger partial charge in [-0.15, -0.1) is 0 Å². The third-order valence-electron chi connectivity index (χ3n) is 2.57. The van der Waals surface area contributed by atoms with Crippen molar-refractivity contribution < 1.29 is 14.6 Å². The second kappa shape index (κ2) is 6.91. The van der Waals surface area contributed by atoms with Crippen LogP contribution < -0.4 is 4.74 Å². The third kappa shape index (κ3) is 4.87. The molecule has 4 nitrogen and oxygen atoms in total. The van der Waals surface area contributed by atoms with Gasteiger partial charge in [0, 0.05) is 6.54 Å². The minimum atomic E-state index is -0.929. The molecule has 0 aliphatic heterocycles. The van der Waals surface area contributed by atoms with Gasteiger partial charge in [0.1, 0.15) is 5.75 Å². The molecule has 0 saturated heterocycles. The first-order valence-corrected chi connectivity index (χ1v) is 5.78. The Kier molecular flexibility index (Phi) is 5.49. The second-order valence-electron chi connectivity index (χ2n) is 3.93. The average Bonchev–Trinajstić information content (AvgIpc) is 2.34. The lowest BCUT2D eigenvalue weighted by atomic mass is 10.2. The van der Waals surface area contributed by atoms with Crippen molar-refractivity contribution in [1.82, 2.24) is 4.90 Å². The van der Waals surface area contributed by atoms with Gasteiger partial charge in [0.25, 0.3) is 0 Å². The van der Waals surface area contributed by atoms with Crippen LogP contribution in [0.25, 0.3) is 0 Å². The van der Waals surface area contributed by atoms with Gasteiger partial charge in [0.05, 0.1) is 12.2 Å². The van der Waals surface area contributed by atoms with Crippen molar-refractivity contribution in [2.75, 3.05) is 26.7 Å². The molecule has 0 aromatic heterocycles. The molecule has 0 bridgehead atoms. The molecule has 0 atom stereocenters. The lowest BCUT2D eigenvalue weighted by molar-refractivity contribution is 0.0696. The topological polar surface area (TPSA) is 49.8 Å². The highest BCUT2D eigenvalue weighted by atomic mass is 16.5. The molecule has 0 aliphatic rings. The Morgan fingerprint density at radius 3 is 2.88 bits per heavy atom. The van der Waals surface area contributed by atoms with E-state index in [1.54, 1.807) is 24.3 Å². The lowest BCUT2D eigenvalue weighted by Crippen LogP contribution is -2.20. The van der Waals surface area contributed by atoms with E-state index in [0.29, 0.717) is 12.4 Å². The molecular formula is C13H19NO3. The monoisotopic (exact) mass is 237 g/mol. The molecule has 0 heterocycles. The normalized spacial score (nSPS) is 10.5. The van der Waals surface area contributed by atoms with Gasteiger partial charge >= 0.3 is 5.97 Å². The summed E-state index contributed by atoms with van der Waals surface area (Å²) in [5.41, 5.74) is 0.258. The van der Waals surface area contributed by atoms with Gasteiger partial charge in [-0.2, -0.15) is 0 Å². The van der Waals surface area contributed by atoms with Crippen molar-refractivity contribution in [3.05, 3.63) is 29.8 Å². The van der Waals surface area contributed by atoms with Gasteiger partial charge in [-0.25, -0.2) is 4.79 Å². The number of carboxylic acid groups (broad SMARTS) is 1. The molecule has 1 aromatic rings. The maximum absolute atomic E-state index is 10.7. The van der Waals surface area contributed by atoms with E-state index in [0.717, 1.165) is 19.5 Å². The molecule has 0 saturated carbocycles. The molecule has 0 amide bonds. The van der Waals surface area contributed by atoms with E-state index in [1.807, 2.05) is 0 Å². The fraction of sp³-hybridized carbons (Fsp3) is 0.462. The second-order valence-corrected chi connectivity index (χ2v) is 3.93. The summed E-state index contributed by atoms with van der Waals surface area (Å²) in [6, 6.07) is 6.57. The van der Waals surface area contributed by atoms with E-state index in [4.69, 9.17) is 9.84 Å². The van der Waals surface area contributed by atoms with Crippen LogP contribution in [0.5, 0.6) is 5.75 Å². The third-order valence-corrected chi connectivity index (χ3v) is 2.57. The minimum Gasteiger partial charge on any atom is -0.494 e. The molecule has 1 N–H and O–H groups in total. The predicted molar refractivity (Wildman–Crippen MR) is 66.7 cm³/mol. The van der Waals surface area contributed by atoms with Crippen molar-refractivity contribution >= 4 is 5.97 Å². The summed E-state index contributed by atoms with van der Waals surface area (Å²) in [5, 5.41) is 8.82. The molecular weight excluding hydrogens is 218 g/mol. The number of hydrogen-bond acceptors (Lipinski definition) is 3. The van der Waals surface area contributed by atoms with E-state index < -0.39 is 5.97 Å². The van der Waals surface area contributed by atoms with Crippen LogP contribution in [0.2, 0.25) is 0 Å². The number of hydrogen-bond donors (Lipinski definition) is 1. The van der Waals surface area contributed by atoms with Gasteiger partial charge in [0.2, 0.25) is 0 Å². The molecule has 94 valence electrons. The van der Waals surface area contributed by atoms with E-state index in [9.17, 15) is 4.79 Å². The zero-order valence-corrected chi connectivity index (χ0v) is 10.3. The Bertz CT molecular complexity index is 365. The van der Waals surface area contributed by atoms with Crippen molar-refractivity contribution in [2.24, 2.45) is 0 Å². The summed E-state index contributed by atoms with van der Waals surface area (Å²) < 4.78 is 5.50. The number of carbonyl (C=O) groups is 1. The van der Waals surface area contributed by atoms with Gasteiger partial charge in [-0.1, -0.05) is 13.0 Å². The number of nitrogens with zero attached hydrogens (tertiary/aromatic N) is 1. The van der Waals surface area contributed by atoms with E-state index in [1.165, 1.54) is 0 Å². The molecule has 4 heteroatoms. The Labute approximate surface area is 102 Å². The molecule has 17 heavy (non-hydrogen) atoms. The number of ether oxygens (including phenoxy) is 1. The zero-order chi connectivity index (χ0) is 12.7. The average molecular weight is 237 g/mol. The first-order valence-electron chi connectivity index (χ1n) is 5.78. The van der Waals surface area contributed by atoms with E-state index in [2.05, 4.69) is 18.9 Å². The van der Waals surface area contributed by atoms with Crippen LogP contribution in [0.3, 0.4) is 0 Å². The highest BCUT2D eigenvalue weighted by Crippen LogP contribution is 2.13. The number of aromatic carboxylic acids is 1. The first kappa shape index (κ1) is 13.5. The van der Waals surface area contributed by atoms with E-state index >= 15 is 0 Å². The molecule has 0 radical (unpaired) electrons. The Morgan fingerprint density at radius 2 is 2.24 bits per heavy atom. The maximum Gasteiger partial charge on any atom is 0.335 e. The molecule has 1 rings (SSSR count). The van der Waals surface area contributed by atoms with Crippen LogP contribution in [0, 0.1) is 0 Å². The van der Waals surface area contributed by atoms with Crippen LogP contribution in [0.15, 0.2) is 24.3 Å². The largest absolute Gasteiger partial charge is 0.494 e. The molecule has 0 aliphatic carbocycles. The summed E-state index contributed by atoms with van der Waals surface area (Å²) >= 11 is 0. The van der Waals surface area contributed by atoms with Crippen molar-refractivity contribution in [3.8, 4) is 5.75 Å². The highest BCUT2D eigenvalue weighted by Gasteiger charge is 2.03. The fourth-order valence-corrected chi connectivity index (χ4v) is 1.40. The number of carboxylic acids is 1. The molecule has 0 spiro atoms. The van der Waals surface area contributed by atoms with Crippen LogP contribution in [0.1, 0.15) is 23.7 Å². The quantitative estimate of drug-likeness (QED) is 0.738. The van der Waals surface area contributed by atoms with Crippen LogP contribution >= 0.6 is 0 Å². The molecule has 0 fully saturated rings. The minimum absolute atomic E-state index is 0.258. The maximum atomic E-state index is 10.7. The Balaban J connectivity index is 2.36. The van der Waals surface area contributed by atoms with Crippen LogP contribution in [-0.4, -0.2) is 42.7 Å². The van der Waals surface area contributed by atoms with Crippen molar-refractivity contribution in [3.63, 3.8) is 0 Å². The summed E-state index contributed by atoms with van der Waals surface area (Å²) in [4.78, 5) is 13.0. The van der Waals surface area contributed by atoms with Crippen molar-refractivity contribution in [2.45, 2.75) is 13.3 Å². The van der Waals surface area contributed by atoms with Gasteiger partial charge in [-0.05, 0) is 38.2 Å². The van der Waals surface area contributed by atoms with Gasteiger partial charge < -0.3 is 14.7 Å². The summed E-state index contributed by atoms with van der Waals surface area (Å²) in [6.45, 7) is 4.72. The zero-order valence-electron chi connectivity index (χ0n) is 10.3. The first-order chi connectivity index (χ1) is 8.13. The van der Waals surface area contributed by atoms with Crippen molar-refractivity contribution in [1.29, 1.82) is 0 Å². The Hall–Kier alpha value is -1.55. The summed E-state index contributed by atoms with van der Waals surface area (Å²) in [5.74, 6) is -0.315. The van der Waals surface area contributed by atoms with Crippen LogP contribution in [-0.2, 0) is 0 Å². The summed E-state index contributed by atoms with van der Waals surface area (Å²) in [6.07, 6.45) is 0.932. The molecule has 0 unspecified atom stereocenters. The standard InChI is InChI=1S/C13H19NO3/c1-3-14(2)8-5-9-17-12-7-4-6-11(10-12)13(15)16/h4,6-7,10H,3,5,8-9H2,1-2H3,(H,15,16). The van der Waals surface area contributed by atoms with Gasteiger partial charge in [-0.3, -0.25) is 0 Å². The smallest absolute Gasteiger partial charge is 0.335 e. The fourth-order valence-electron chi connectivity index (χ4n) is 1.40. The van der Waals surface area contributed by atoms with Crippen LogP contribution in [0.4, 0.5) is 0 Å². The predicted octanol–water partition coefficient (Wildman–Crippen LogP) is 2.11. The SMILES string of the molecule is CCN(C)CCCOc1cccc(C(=O)O)c1. The van der Waals surface area contributed by atoms with E-state index in [-0.39, 0.29) is 5.56 Å². The van der Waals surface area contributed by atoms with Gasteiger partial charge in [0.15, 0.2) is 0 Å². The molecule has 1 aromatic carbocycles. The lowest BCUT2D eigenvalue weighted by Gasteiger charge is -2.13. The number of benzene rings is 1. The highest BCUT2D eigenvalue weighted by molar-refractivity contribution is 5.87. The number of rotatable bonds is 7. The summed E-state index contributed by atoms with van der Waals surface area (Å²) in [7, 11) is 2.06. The Morgan fingerprint density at radius 1 is 1.47 bits per heavy atom.